The third-order valence-electron chi connectivity index (χ3n) is 6.93. The van der Waals surface area contributed by atoms with E-state index in [-0.39, 0.29) is 28.7 Å². The number of fused-ring (bicyclic) bond motifs is 1. The lowest BCUT2D eigenvalue weighted by Crippen LogP contribution is -2.49. The number of anilines is 2. The van der Waals surface area contributed by atoms with Crippen LogP contribution in [0.15, 0.2) is 47.5 Å². The number of aliphatic imine (C=N–C) groups is 1. The van der Waals surface area contributed by atoms with E-state index in [0.717, 1.165) is 42.6 Å². The fourth-order valence-electron chi connectivity index (χ4n) is 4.81. The lowest BCUT2D eigenvalue weighted by molar-refractivity contribution is -0.130. The number of nitrogens with one attached hydrogen (secondary N) is 1. The molecule has 2 fully saturated rings. The number of nitrogens with zero attached hydrogens (tertiary/aromatic N) is 3. The van der Waals surface area contributed by atoms with E-state index in [0.29, 0.717) is 6.42 Å². The molecular formula is C25H30N4O3S2. The normalized spacial score (nSPS) is 23.5. The van der Waals surface area contributed by atoms with Crippen molar-refractivity contribution < 1.29 is 13.2 Å². The molecule has 34 heavy (non-hydrogen) atoms. The summed E-state index contributed by atoms with van der Waals surface area (Å²) < 4.78 is 23.4. The summed E-state index contributed by atoms with van der Waals surface area (Å²) in [5.41, 5.74) is 5.75. The number of amidine groups is 1. The Morgan fingerprint density at radius 2 is 1.79 bits per heavy atom. The van der Waals surface area contributed by atoms with Gasteiger partial charge in [-0.25, -0.2) is 8.42 Å². The number of sulfone groups is 1. The molecule has 0 unspecified atom stereocenters. The van der Waals surface area contributed by atoms with Crippen LogP contribution in [0.25, 0.3) is 0 Å². The van der Waals surface area contributed by atoms with Crippen molar-refractivity contribution >= 4 is 44.0 Å². The van der Waals surface area contributed by atoms with Crippen molar-refractivity contribution in [1.82, 2.24) is 4.90 Å². The summed E-state index contributed by atoms with van der Waals surface area (Å²) in [5.74, 6) is 0.512. The Morgan fingerprint density at radius 3 is 2.50 bits per heavy atom. The number of carbonyl (C=O) groups excluding carboxylic acids is 1. The number of piperazine rings is 1. The number of hydrogen-bond donors (Lipinski definition) is 1. The maximum absolute atomic E-state index is 12.9. The second kappa shape index (κ2) is 9.26. The van der Waals surface area contributed by atoms with Gasteiger partial charge in [-0.15, -0.1) is 0 Å². The molecule has 2 aromatic carbocycles. The SMILES string of the molecule is Cc1cccc(N2CCN(C(=O)Cc3ccc(NC4=N[C@@H]5CS(=O)(=O)C[C@@H]5S4)cc3)CC2)c1C. The maximum Gasteiger partial charge on any atom is 0.227 e. The van der Waals surface area contributed by atoms with E-state index < -0.39 is 9.84 Å². The van der Waals surface area contributed by atoms with Crippen LogP contribution in [0.3, 0.4) is 0 Å². The molecule has 0 aliphatic carbocycles. The smallest absolute Gasteiger partial charge is 0.227 e. The summed E-state index contributed by atoms with van der Waals surface area (Å²) in [6.45, 7) is 7.47. The number of benzene rings is 2. The first-order valence-electron chi connectivity index (χ1n) is 11.7. The van der Waals surface area contributed by atoms with E-state index in [2.05, 4.69) is 47.3 Å². The third kappa shape index (κ3) is 4.95. The molecule has 2 atom stereocenters. The van der Waals surface area contributed by atoms with Crippen molar-refractivity contribution in [2.75, 3.05) is 47.9 Å². The van der Waals surface area contributed by atoms with Crippen LogP contribution in [-0.4, -0.2) is 73.4 Å². The first-order valence-corrected chi connectivity index (χ1v) is 14.4. The van der Waals surface area contributed by atoms with Gasteiger partial charge >= 0.3 is 0 Å². The minimum Gasteiger partial charge on any atom is -0.368 e. The summed E-state index contributed by atoms with van der Waals surface area (Å²) >= 11 is 1.51. The van der Waals surface area contributed by atoms with Crippen molar-refractivity contribution in [3.05, 3.63) is 59.2 Å². The van der Waals surface area contributed by atoms with Gasteiger partial charge in [0.15, 0.2) is 15.0 Å². The Labute approximate surface area is 205 Å². The Hall–Kier alpha value is -2.52. The summed E-state index contributed by atoms with van der Waals surface area (Å²) in [4.78, 5) is 21.8. The number of thioether (sulfide) groups is 1. The van der Waals surface area contributed by atoms with E-state index in [1.807, 2.05) is 29.2 Å². The van der Waals surface area contributed by atoms with Gasteiger partial charge < -0.3 is 15.1 Å². The van der Waals surface area contributed by atoms with Gasteiger partial charge in [-0.05, 0) is 48.7 Å². The Bertz CT molecular complexity index is 1220. The predicted octanol–water partition coefficient (Wildman–Crippen LogP) is 2.88. The molecule has 0 saturated carbocycles. The standard InChI is InChI=1S/C25H30N4O3S2/c1-17-4-3-5-22(18(17)2)28-10-12-29(13-11-28)24(30)14-19-6-8-20(9-7-19)26-25-27-21-15-34(31,32)16-23(21)33-25/h3-9,21,23H,10-16H2,1-2H3,(H,26,27)/t21-,23+/m1/s1. The Kier molecular flexibility index (Phi) is 6.33. The van der Waals surface area contributed by atoms with Crippen LogP contribution in [0, 0.1) is 13.8 Å². The van der Waals surface area contributed by atoms with Crippen molar-refractivity contribution in [2.45, 2.75) is 31.6 Å². The zero-order valence-electron chi connectivity index (χ0n) is 19.5. The highest BCUT2D eigenvalue weighted by Gasteiger charge is 2.42. The van der Waals surface area contributed by atoms with E-state index >= 15 is 0 Å². The molecule has 180 valence electrons. The average Bonchev–Trinajstić information content (AvgIpc) is 3.29. The average molecular weight is 499 g/mol. The van der Waals surface area contributed by atoms with Crippen molar-refractivity contribution in [1.29, 1.82) is 0 Å². The molecule has 0 bridgehead atoms. The van der Waals surface area contributed by atoms with E-state index in [4.69, 9.17) is 0 Å². The first kappa shape index (κ1) is 23.2. The van der Waals surface area contributed by atoms with E-state index in [1.54, 1.807) is 0 Å². The molecule has 3 aliphatic rings. The molecule has 7 nitrogen and oxygen atoms in total. The minimum atomic E-state index is -2.94. The second-order valence-corrected chi connectivity index (χ2v) is 12.7. The largest absolute Gasteiger partial charge is 0.368 e. The molecule has 3 heterocycles. The summed E-state index contributed by atoms with van der Waals surface area (Å²) in [6.07, 6.45) is 0.390. The highest BCUT2D eigenvalue weighted by molar-refractivity contribution is 8.15. The van der Waals surface area contributed by atoms with E-state index in [1.165, 1.54) is 28.6 Å². The van der Waals surface area contributed by atoms with Gasteiger partial charge in [0.05, 0.1) is 24.0 Å². The first-order chi connectivity index (χ1) is 16.3. The second-order valence-electron chi connectivity index (χ2n) is 9.32. The van der Waals surface area contributed by atoms with E-state index in [9.17, 15) is 13.2 Å². The predicted molar refractivity (Wildman–Crippen MR) is 140 cm³/mol. The molecule has 0 spiro atoms. The van der Waals surface area contributed by atoms with Gasteiger partial charge in [0.1, 0.15) is 0 Å². The van der Waals surface area contributed by atoms with Crippen LogP contribution in [0.1, 0.15) is 16.7 Å². The lowest BCUT2D eigenvalue weighted by Gasteiger charge is -2.37. The molecule has 9 heteroatoms. The molecular weight excluding hydrogens is 468 g/mol. The van der Waals surface area contributed by atoms with Gasteiger partial charge in [-0.3, -0.25) is 9.79 Å². The fraction of sp³-hybridized carbons (Fsp3) is 0.440. The minimum absolute atomic E-state index is 0.0275. The zero-order valence-corrected chi connectivity index (χ0v) is 21.2. The van der Waals surface area contributed by atoms with Crippen LogP contribution in [-0.2, 0) is 21.1 Å². The van der Waals surface area contributed by atoms with Gasteiger partial charge in [-0.1, -0.05) is 36.0 Å². The topological polar surface area (TPSA) is 82.1 Å². The van der Waals surface area contributed by atoms with Crippen molar-refractivity contribution in [2.24, 2.45) is 4.99 Å². The molecule has 0 radical (unpaired) electrons. The molecule has 1 N–H and O–H groups in total. The number of rotatable bonds is 4. The monoisotopic (exact) mass is 498 g/mol. The molecule has 5 rings (SSSR count). The quantitative estimate of drug-likeness (QED) is 0.698. The molecule has 2 aromatic rings. The lowest BCUT2D eigenvalue weighted by atomic mass is 10.1. The number of amides is 1. The molecule has 3 aliphatic heterocycles. The van der Waals surface area contributed by atoms with Gasteiger partial charge in [0.25, 0.3) is 0 Å². The highest BCUT2D eigenvalue weighted by atomic mass is 32.2. The number of aryl methyl sites for hydroxylation is 1. The van der Waals surface area contributed by atoms with Gasteiger partial charge in [-0.2, -0.15) is 0 Å². The maximum atomic E-state index is 12.9. The Balaban J connectivity index is 1.12. The van der Waals surface area contributed by atoms with Gasteiger partial charge in [0.2, 0.25) is 5.91 Å². The molecule has 0 aromatic heterocycles. The molecule has 2 saturated heterocycles. The van der Waals surface area contributed by atoms with Crippen LogP contribution in [0.5, 0.6) is 0 Å². The van der Waals surface area contributed by atoms with Crippen molar-refractivity contribution in [3.8, 4) is 0 Å². The summed E-state index contributed by atoms with van der Waals surface area (Å²) in [7, 11) is -2.94. The van der Waals surface area contributed by atoms with Crippen LogP contribution < -0.4 is 10.2 Å². The summed E-state index contributed by atoms with van der Waals surface area (Å²) in [5, 5.41) is 4.09. The third-order valence-corrected chi connectivity index (χ3v) is 10.1. The van der Waals surface area contributed by atoms with Gasteiger partial charge in [0, 0.05) is 42.8 Å². The van der Waals surface area contributed by atoms with Crippen molar-refractivity contribution in [3.63, 3.8) is 0 Å². The highest BCUT2D eigenvalue weighted by Crippen LogP contribution is 2.34. The fourth-order valence-corrected chi connectivity index (χ4v) is 8.48. The zero-order chi connectivity index (χ0) is 23.9. The van der Waals surface area contributed by atoms with Crippen LogP contribution in [0.2, 0.25) is 0 Å². The number of hydrogen-bond acceptors (Lipinski definition) is 7. The molecule has 1 amide bonds. The van der Waals surface area contributed by atoms with Crippen LogP contribution >= 0.6 is 11.8 Å². The Morgan fingerprint density at radius 1 is 1.06 bits per heavy atom. The summed E-state index contributed by atoms with van der Waals surface area (Å²) in [6, 6.07) is 14.1. The van der Waals surface area contributed by atoms with Crippen LogP contribution in [0.4, 0.5) is 11.4 Å². The number of carbonyl (C=O) groups is 1.